The Bertz CT molecular complexity index is 2500. The number of ether oxygens (including phenoxy) is 2. The van der Waals surface area contributed by atoms with Crippen molar-refractivity contribution < 1.29 is 28.7 Å². The molecular weight excluding hydrogens is 900 g/mol. The van der Waals surface area contributed by atoms with E-state index in [2.05, 4.69) is 61.8 Å². The number of carbonyl (C=O) groups excluding carboxylic acids is 4. The maximum atomic E-state index is 14.0. The van der Waals surface area contributed by atoms with E-state index in [1.807, 2.05) is 18.2 Å². The fraction of sp³-hybridized carbons (Fsp3) is 0.540. The van der Waals surface area contributed by atoms with Crippen LogP contribution in [-0.2, 0) is 9.53 Å². The summed E-state index contributed by atoms with van der Waals surface area (Å²) in [7, 11) is 2.11. The number of imide groups is 1. The standard InChI is InChI=1S/C50H65ClN10O6Si/c1-56(2)49(64)36-28-44-41(45(29-36)60-25-19-47(62)61(50(60)65)33-66-26-27-68(3,4)5)18-24-59(44)38-16-20-57(21-17-38)32-34-14-22-58(23-15-34)46-13-12-43(54-55-46)48(63)53-37-7-10-39(11-8-37)67-40-9-6-35(31-52)42(51)30-40/h6,9,12-13,18,24,28-30,34,37-39H,7-8,10-11,14-17,19-23,25-27,32-33H2,1-5H3,(H,53,63)/t37-,39-. The number of rotatable bonds is 15. The number of urea groups is 1. The van der Waals surface area contributed by atoms with Crippen molar-refractivity contribution in [1.29, 1.82) is 5.26 Å². The second kappa shape index (κ2) is 21.4. The van der Waals surface area contributed by atoms with Crippen molar-refractivity contribution in [2.75, 3.05) is 76.5 Å². The molecule has 16 nitrogen and oxygen atoms in total. The minimum atomic E-state index is -1.34. The molecule has 0 radical (unpaired) electrons. The van der Waals surface area contributed by atoms with Gasteiger partial charge in [-0.15, -0.1) is 10.2 Å². The molecule has 0 atom stereocenters. The van der Waals surface area contributed by atoms with Gasteiger partial charge in [-0.1, -0.05) is 31.2 Å². The van der Waals surface area contributed by atoms with Crippen LogP contribution in [0.1, 0.15) is 90.2 Å². The minimum absolute atomic E-state index is 0.0191. The Morgan fingerprint density at radius 1 is 0.912 bits per heavy atom. The number of piperidine rings is 2. The van der Waals surface area contributed by atoms with Crippen molar-refractivity contribution in [2.24, 2.45) is 5.92 Å². The van der Waals surface area contributed by atoms with Gasteiger partial charge < -0.3 is 34.1 Å². The number of aromatic nitrogens is 3. The highest BCUT2D eigenvalue weighted by Crippen LogP contribution is 2.37. The van der Waals surface area contributed by atoms with Crippen LogP contribution in [0.5, 0.6) is 5.75 Å². The zero-order valence-electron chi connectivity index (χ0n) is 40.1. The summed E-state index contributed by atoms with van der Waals surface area (Å²) in [6.07, 6.45) is 9.47. The molecule has 0 bridgehead atoms. The molecule has 4 fully saturated rings. The highest BCUT2D eigenvalue weighted by atomic mass is 35.5. The zero-order valence-corrected chi connectivity index (χ0v) is 41.8. The summed E-state index contributed by atoms with van der Waals surface area (Å²) in [5, 5.41) is 22.3. The number of nitriles is 1. The van der Waals surface area contributed by atoms with Gasteiger partial charge in [0.05, 0.1) is 27.9 Å². The van der Waals surface area contributed by atoms with E-state index in [1.54, 1.807) is 54.2 Å². The molecule has 3 saturated heterocycles. The summed E-state index contributed by atoms with van der Waals surface area (Å²) in [6.45, 7) is 12.2. The molecule has 18 heteroatoms. The highest BCUT2D eigenvalue weighted by molar-refractivity contribution is 6.76. The lowest BCUT2D eigenvalue weighted by atomic mass is 9.92. The Kier molecular flexibility index (Phi) is 15.4. The summed E-state index contributed by atoms with van der Waals surface area (Å²) < 4.78 is 14.3. The molecule has 5 heterocycles. The number of benzene rings is 2. The van der Waals surface area contributed by atoms with Gasteiger partial charge in [0.2, 0.25) is 5.91 Å². The monoisotopic (exact) mass is 964 g/mol. The molecule has 5 amide bonds. The fourth-order valence-corrected chi connectivity index (χ4v) is 10.9. The Morgan fingerprint density at radius 3 is 2.32 bits per heavy atom. The van der Waals surface area contributed by atoms with Crippen LogP contribution in [0.3, 0.4) is 0 Å². The average Bonchev–Trinajstić information content (AvgIpc) is 3.76. The minimum Gasteiger partial charge on any atom is -0.490 e. The van der Waals surface area contributed by atoms with Gasteiger partial charge in [0.15, 0.2) is 11.5 Å². The van der Waals surface area contributed by atoms with Gasteiger partial charge >= 0.3 is 6.03 Å². The number of fused-ring (bicyclic) bond motifs is 1. The molecule has 2 aromatic carbocycles. The van der Waals surface area contributed by atoms with Crippen molar-refractivity contribution in [3.8, 4) is 11.8 Å². The molecule has 0 spiro atoms. The largest absolute Gasteiger partial charge is 0.490 e. The smallest absolute Gasteiger partial charge is 0.333 e. The number of hydrogen-bond donors (Lipinski definition) is 1. The Balaban J connectivity index is 0.810. The number of likely N-dealkylation sites (tertiary alicyclic amines) is 1. The highest BCUT2D eigenvalue weighted by Gasteiger charge is 2.35. The molecule has 68 heavy (non-hydrogen) atoms. The quantitative estimate of drug-likeness (QED) is 0.0912. The number of anilines is 2. The Morgan fingerprint density at radius 2 is 1.66 bits per heavy atom. The third-order valence-corrected chi connectivity index (χ3v) is 16.0. The van der Waals surface area contributed by atoms with Gasteiger partial charge in [-0.05, 0) is 106 Å². The summed E-state index contributed by atoms with van der Waals surface area (Å²) in [6, 6.07) is 17.4. The summed E-state index contributed by atoms with van der Waals surface area (Å²) in [5.41, 5.74) is 2.78. The molecule has 1 saturated carbocycles. The van der Waals surface area contributed by atoms with Gasteiger partial charge in [-0.3, -0.25) is 19.3 Å². The van der Waals surface area contributed by atoms with Crippen LogP contribution in [0.2, 0.25) is 30.7 Å². The molecule has 4 aromatic rings. The van der Waals surface area contributed by atoms with Gasteiger partial charge in [0, 0.05) is 110 Å². The molecule has 3 aliphatic heterocycles. The van der Waals surface area contributed by atoms with Crippen LogP contribution in [0.25, 0.3) is 10.9 Å². The van der Waals surface area contributed by atoms with Crippen molar-refractivity contribution in [2.45, 2.75) is 102 Å². The first-order valence-electron chi connectivity index (χ1n) is 24.2. The second-order valence-corrected chi connectivity index (χ2v) is 26.3. The first kappa shape index (κ1) is 48.9. The number of carbonyl (C=O) groups is 4. The lowest BCUT2D eigenvalue weighted by molar-refractivity contribution is -0.133. The molecule has 4 aliphatic rings. The van der Waals surface area contributed by atoms with E-state index < -0.39 is 14.1 Å². The maximum Gasteiger partial charge on any atom is 0.333 e. The maximum absolute atomic E-state index is 14.0. The van der Waals surface area contributed by atoms with E-state index in [1.165, 1.54) is 4.90 Å². The number of amides is 5. The zero-order chi connectivity index (χ0) is 48.1. The van der Waals surface area contributed by atoms with E-state index in [0.717, 1.165) is 107 Å². The summed E-state index contributed by atoms with van der Waals surface area (Å²) in [4.78, 5) is 62.8. The Labute approximate surface area is 405 Å². The SMILES string of the molecule is CN(C)C(=O)c1cc(N2CCC(=O)N(COCC[Si](C)(C)C)C2=O)c2ccn(C3CCN(CC4CCN(c5ccc(C(=O)N[C@H]6CC[C@H](Oc7ccc(C#N)c(Cl)c7)CC6)nn5)CC4)CC3)c2c1. The molecule has 1 N–H and O–H groups in total. The first-order valence-corrected chi connectivity index (χ1v) is 28.3. The normalized spacial score (nSPS) is 20.2. The topological polar surface area (TPSA) is 169 Å². The van der Waals surface area contributed by atoms with Gasteiger partial charge in [-0.2, -0.15) is 5.26 Å². The van der Waals surface area contributed by atoms with Crippen LogP contribution in [0, 0.1) is 17.2 Å². The molecular formula is C50H65ClN10O6Si. The third-order valence-electron chi connectivity index (χ3n) is 14.0. The van der Waals surface area contributed by atoms with Crippen LogP contribution >= 0.6 is 11.6 Å². The van der Waals surface area contributed by atoms with E-state index >= 15 is 0 Å². The van der Waals surface area contributed by atoms with Crippen molar-refractivity contribution >= 4 is 65.8 Å². The van der Waals surface area contributed by atoms with Gasteiger partial charge in [-0.25, -0.2) is 9.69 Å². The molecule has 362 valence electrons. The predicted octanol–water partition coefficient (Wildman–Crippen LogP) is 7.80. The van der Waals surface area contributed by atoms with Crippen LogP contribution in [-0.4, -0.2) is 140 Å². The molecule has 0 unspecified atom stereocenters. The molecule has 1 aliphatic carbocycles. The number of halogens is 1. The van der Waals surface area contributed by atoms with Crippen LogP contribution in [0.4, 0.5) is 16.3 Å². The lowest BCUT2D eigenvalue weighted by Crippen LogP contribution is -2.53. The van der Waals surface area contributed by atoms with Crippen molar-refractivity contribution in [3.05, 3.63) is 76.6 Å². The van der Waals surface area contributed by atoms with E-state index in [4.69, 9.17) is 26.3 Å². The molecule has 2 aromatic heterocycles. The Hall–Kier alpha value is -5.54. The molecule has 8 rings (SSSR count). The average molecular weight is 966 g/mol. The second-order valence-electron chi connectivity index (χ2n) is 20.3. The van der Waals surface area contributed by atoms with E-state index in [9.17, 15) is 19.2 Å². The fourth-order valence-electron chi connectivity index (χ4n) is 9.88. The number of hydrogen-bond acceptors (Lipinski definition) is 11. The van der Waals surface area contributed by atoms with Crippen LogP contribution in [0.15, 0.2) is 54.7 Å². The van der Waals surface area contributed by atoms with Crippen LogP contribution < -0.4 is 19.9 Å². The van der Waals surface area contributed by atoms with E-state index in [0.29, 0.717) is 45.8 Å². The summed E-state index contributed by atoms with van der Waals surface area (Å²) in [5.74, 6) is 1.38. The first-order chi connectivity index (χ1) is 32.6. The number of nitrogens with one attached hydrogen (secondary N) is 1. The van der Waals surface area contributed by atoms with Crippen molar-refractivity contribution in [3.63, 3.8) is 0 Å². The summed E-state index contributed by atoms with van der Waals surface area (Å²) >= 11 is 6.17. The van der Waals surface area contributed by atoms with E-state index in [-0.39, 0.29) is 55.6 Å². The van der Waals surface area contributed by atoms with Gasteiger partial charge in [0.25, 0.3) is 11.8 Å². The predicted molar refractivity (Wildman–Crippen MR) is 265 cm³/mol. The third kappa shape index (κ3) is 11.6. The lowest BCUT2D eigenvalue weighted by Gasteiger charge is -2.38. The van der Waals surface area contributed by atoms with Gasteiger partial charge in [0.1, 0.15) is 18.5 Å². The number of nitrogens with zero attached hydrogens (tertiary/aromatic N) is 9. The van der Waals surface area contributed by atoms with Crippen molar-refractivity contribution in [1.82, 2.24) is 34.8 Å².